The van der Waals surface area contributed by atoms with Crippen LogP contribution in [-0.2, 0) is 24.3 Å². The van der Waals surface area contributed by atoms with Crippen LogP contribution in [0.25, 0.3) is 0 Å². The van der Waals surface area contributed by atoms with E-state index in [0.29, 0.717) is 12.8 Å². The fourth-order valence-electron chi connectivity index (χ4n) is 3.72. The standard InChI is InChI=1S/C26H29NO2.C2H4/c28-18-10-17-26(29)25(19-22-11-4-1-5-12-22)27(20-23-13-6-2-7-14-23)21-24-15-8-3-9-16-24;1-2/h1-9,11-16,18,25-26,29H,10,17,19-21H2;1-2H2/t25-,26-;/m0./s1. The third kappa shape index (κ3) is 8.33. The molecule has 0 bridgehead atoms. The Labute approximate surface area is 186 Å². The Morgan fingerprint density at radius 3 is 1.58 bits per heavy atom. The molecular formula is C28H33NO2. The van der Waals surface area contributed by atoms with E-state index in [9.17, 15) is 9.90 Å². The van der Waals surface area contributed by atoms with Crippen LogP contribution in [0.4, 0.5) is 0 Å². The van der Waals surface area contributed by atoms with Gasteiger partial charge in [0.05, 0.1) is 6.10 Å². The van der Waals surface area contributed by atoms with Crippen molar-refractivity contribution in [3.63, 3.8) is 0 Å². The summed E-state index contributed by atoms with van der Waals surface area (Å²) in [5.41, 5.74) is 3.61. The van der Waals surface area contributed by atoms with Crippen molar-refractivity contribution in [2.24, 2.45) is 0 Å². The molecule has 0 heterocycles. The van der Waals surface area contributed by atoms with Gasteiger partial charge in [-0.25, -0.2) is 0 Å². The van der Waals surface area contributed by atoms with E-state index >= 15 is 0 Å². The molecule has 0 radical (unpaired) electrons. The molecule has 0 spiro atoms. The minimum Gasteiger partial charge on any atom is -0.391 e. The van der Waals surface area contributed by atoms with Crippen LogP contribution >= 0.6 is 0 Å². The number of benzene rings is 3. The molecule has 3 nitrogen and oxygen atoms in total. The molecule has 0 amide bonds. The highest BCUT2D eigenvalue weighted by molar-refractivity contribution is 5.49. The molecule has 0 aromatic heterocycles. The lowest BCUT2D eigenvalue weighted by atomic mass is 9.95. The van der Waals surface area contributed by atoms with Gasteiger partial charge in [-0.2, -0.15) is 0 Å². The predicted molar refractivity (Wildman–Crippen MR) is 129 cm³/mol. The van der Waals surface area contributed by atoms with E-state index < -0.39 is 6.10 Å². The zero-order valence-electron chi connectivity index (χ0n) is 18.1. The second-order valence-corrected chi connectivity index (χ2v) is 7.44. The minimum absolute atomic E-state index is 0.0854. The number of hydrogen-bond acceptors (Lipinski definition) is 3. The van der Waals surface area contributed by atoms with Crippen molar-refractivity contribution in [2.75, 3.05) is 0 Å². The summed E-state index contributed by atoms with van der Waals surface area (Å²) in [5.74, 6) is 0. The van der Waals surface area contributed by atoms with Crippen molar-refractivity contribution >= 4 is 6.29 Å². The fourth-order valence-corrected chi connectivity index (χ4v) is 3.72. The summed E-state index contributed by atoms with van der Waals surface area (Å²) >= 11 is 0. The van der Waals surface area contributed by atoms with Crippen LogP contribution in [0.3, 0.4) is 0 Å². The normalized spacial score (nSPS) is 12.5. The molecule has 0 aliphatic carbocycles. The molecule has 0 saturated carbocycles. The number of aldehydes is 1. The predicted octanol–water partition coefficient (Wildman–Crippen LogP) is 5.44. The summed E-state index contributed by atoms with van der Waals surface area (Å²) < 4.78 is 0. The summed E-state index contributed by atoms with van der Waals surface area (Å²) in [5, 5.41) is 11.0. The summed E-state index contributed by atoms with van der Waals surface area (Å²) in [6.45, 7) is 7.48. The maximum absolute atomic E-state index is 11.0. The lowest BCUT2D eigenvalue weighted by Crippen LogP contribution is -2.44. The Balaban J connectivity index is 0.00000166. The molecule has 0 fully saturated rings. The Morgan fingerprint density at radius 1 is 0.742 bits per heavy atom. The quantitative estimate of drug-likeness (QED) is 0.335. The maximum atomic E-state index is 11.0. The third-order valence-electron chi connectivity index (χ3n) is 5.24. The molecule has 2 atom stereocenters. The molecule has 0 saturated heterocycles. The zero-order valence-corrected chi connectivity index (χ0v) is 18.1. The number of aliphatic hydroxyl groups is 1. The van der Waals surface area contributed by atoms with Crippen LogP contribution in [0.2, 0.25) is 0 Å². The summed E-state index contributed by atoms with van der Waals surface area (Å²) in [7, 11) is 0. The van der Waals surface area contributed by atoms with Crippen LogP contribution in [-0.4, -0.2) is 28.4 Å². The number of aliphatic hydroxyl groups excluding tert-OH is 1. The van der Waals surface area contributed by atoms with Gasteiger partial charge in [0.1, 0.15) is 6.29 Å². The van der Waals surface area contributed by atoms with Crippen LogP contribution < -0.4 is 0 Å². The van der Waals surface area contributed by atoms with Crippen molar-refractivity contribution in [3.05, 3.63) is 121 Å². The van der Waals surface area contributed by atoms with Crippen molar-refractivity contribution in [3.8, 4) is 0 Å². The van der Waals surface area contributed by atoms with E-state index in [4.69, 9.17) is 0 Å². The van der Waals surface area contributed by atoms with E-state index in [1.54, 1.807) is 0 Å². The van der Waals surface area contributed by atoms with Crippen LogP contribution in [0.1, 0.15) is 29.5 Å². The molecule has 0 unspecified atom stereocenters. The lowest BCUT2D eigenvalue weighted by molar-refractivity contribution is -0.108. The average Bonchev–Trinajstić information content (AvgIpc) is 2.84. The van der Waals surface area contributed by atoms with Gasteiger partial charge in [0, 0.05) is 25.6 Å². The Hall–Kier alpha value is -3.01. The van der Waals surface area contributed by atoms with E-state index in [1.165, 1.54) is 16.7 Å². The largest absolute Gasteiger partial charge is 0.391 e. The van der Waals surface area contributed by atoms with Crippen molar-refractivity contribution in [1.29, 1.82) is 0 Å². The summed E-state index contributed by atoms with van der Waals surface area (Å²) in [6, 6.07) is 30.9. The number of carbonyl (C=O) groups excluding carboxylic acids is 1. The van der Waals surface area contributed by atoms with Gasteiger partial charge in [-0.1, -0.05) is 91.0 Å². The molecule has 0 aliphatic rings. The zero-order chi connectivity index (χ0) is 22.3. The molecule has 3 aromatic carbocycles. The first-order valence-corrected chi connectivity index (χ1v) is 10.7. The number of hydrogen-bond donors (Lipinski definition) is 1. The Kier molecular flexibility index (Phi) is 11.0. The molecule has 3 aromatic rings. The third-order valence-corrected chi connectivity index (χ3v) is 5.24. The highest BCUT2D eigenvalue weighted by Gasteiger charge is 2.26. The first-order valence-electron chi connectivity index (χ1n) is 10.7. The van der Waals surface area contributed by atoms with Gasteiger partial charge in [-0.15, -0.1) is 13.2 Å². The van der Waals surface area contributed by atoms with Gasteiger partial charge < -0.3 is 9.90 Å². The van der Waals surface area contributed by atoms with Gasteiger partial charge in [0.15, 0.2) is 0 Å². The van der Waals surface area contributed by atoms with Gasteiger partial charge in [0.25, 0.3) is 0 Å². The molecule has 3 heteroatoms. The second kappa shape index (κ2) is 14.1. The van der Waals surface area contributed by atoms with Crippen molar-refractivity contribution in [1.82, 2.24) is 4.90 Å². The van der Waals surface area contributed by atoms with E-state index in [2.05, 4.69) is 54.5 Å². The van der Waals surface area contributed by atoms with Crippen molar-refractivity contribution in [2.45, 2.75) is 44.5 Å². The number of carbonyl (C=O) groups is 1. The first kappa shape index (κ1) is 24.3. The highest BCUT2D eigenvalue weighted by Crippen LogP contribution is 2.21. The Bertz CT molecular complexity index is 810. The second-order valence-electron chi connectivity index (χ2n) is 7.44. The van der Waals surface area contributed by atoms with Gasteiger partial charge in [0.2, 0.25) is 0 Å². The monoisotopic (exact) mass is 415 g/mol. The minimum atomic E-state index is -0.576. The van der Waals surface area contributed by atoms with Crippen molar-refractivity contribution < 1.29 is 9.90 Å². The van der Waals surface area contributed by atoms with Crippen LogP contribution in [0, 0.1) is 0 Å². The first-order chi connectivity index (χ1) is 15.3. The Morgan fingerprint density at radius 2 is 1.16 bits per heavy atom. The SMILES string of the molecule is C=C.O=CCC[C@H](O)[C@H](Cc1ccccc1)N(Cc1ccccc1)Cc1ccccc1. The van der Waals surface area contributed by atoms with E-state index in [0.717, 1.165) is 25.8 Å². The molecule has 1 N–H and O–H groups in total. The maximum Gasteiger partial charge on any atom is 0.120 e. The fraction of sp³-hybridized carbons (Fsp3) is 0.250. The average molecular weight is 416 g/mol. The van der Waals surface area contributed by atoms with Crippen LogP contribution in [0.5, 0.6) is 0 Å². The van der Waals surface area contributed by atoms with Crippen LogP contribution in [0.15, 0.2) is 104 Å². The summed E-state index contributed by atoms with van der Waals surface area (Å²) in [4.78, 5) is 13.3. The smallest absolute Gasteiger partial charge is 0.120 e. The number of nitrogens with zero attached hydrogens (tertiary/aromatic N) is 1. The topological polar surface area (TPSA) is 40.5 Å². The number of rotatable bonds is 11. The van der Waals surface area contributed by atoms with Gasteiger partial charge in [-0.3, -0.25) is 4.90 Å². The molecular weight excluding hydrogens is 382 g/mol. The van der Waals surface area contributed by atoms with E-state index in [-0.39, 0.29) is 6.04 Å². The van der Waals surface area contributed by atoms with Gasteiger partial charge >= 0.3 is 0 Å². The molecule has 162 valence electrons. The lowest BCUT2D eigenvalue weighted by Gasteiger charge is -2.35. The molecule has 31 heavy (non-hydrogen) atoms. The van der Waals surface area contributed by atoms with E-state index in [1.807, 2.05) is 54.6 Å². The summed E-state index contributed by atoms with van der Waals surface area (Å²) in [6.07, 6.45) is 1.90. The highest BCUT2D eigenvalue weighted by atomic mass is 16.3. The molecule has 3 rings (SSSR count). The molecule has 0 aliphatic heterocycles. The van der Waals surface area contributed by atoms with Gasteiger partial charge in [-0.05, 0) is 29.5 Å².